The first-order valence-corrected chi connectivity index (χ1v) is 5.29. The van der Waals surface area contributed by atoms with E-state index in [1.54, 1.807) is 6.07 Å². The van der Waals surface area contributed by atoms with Crippen LogP contribution in [-0.2, 0) is 0 Å². The van der Waals surface area contributed by atoms with Gasteiger partial charge in [0.25, 0.3) is 0 Å². The minimum absolute atomic E-state index is 0.172. The molecule has 82 valence electrons. The number of Topliss-reactive ketones (excluding diaryl/α,β-unsaturated/α-hetero) is 1. The zero-order chi connectivity index (χ0) is 11.3. The summed E-state index contributed by atoms with van der Waals surface area (Å²) in [5, 5.41) is 2.97. The second-order valence-corrected chi connectivity index (χ2v) is 3.58. The molecular formula is C12H18N2O. The Morgan fingerprint density at radius 2 is 2.20 bits per heavy atom. The number of unbranched alkanes of at least 4 members (excludes halogenated alkanes) is 1. The molecule has 0 saturated carbocycles. The standard InChI is InChI=1S/C12H18N2O/c1-3-4-5-12(15)9-6-7-11(14-2)10(13)8-9/h6-8,14H,3-5,13H2,1-2H3. The molecule has 3 nitrogen and oxygen atoms in total. The number of anilines is 2. The Kier molecular flexibility index (Phi) is 4.16. The summed E-state index contributed by atoms with van der Waals surface area (Å²) in [7, 11) is 1.81. The van der Waals surface area contributed by atoms with Gasteiger partial charge in [-0.3, -0.25) is 4.79 Å². The van der Waals surface area contributed by atoms with E-state index < -0.39 is 0 Å². The molecule has 0 heterocycles. The van der Waals surface area contributed by atoms with Crippen molar-refractivity contribution in [2.45, 2.75) is 26.2 Å². The third kappa shape index (κ3) is 2.98. The molecule has 0 aliphatic heterocycles. The SMILES string of the molecule is CCCCC(=O)c1ccc(NC)c(N)c1. The van der Waals surface area contributed by atoms with Crippen molar-refractivity contribution >= 4 is 17.2 Å². The monoisotopic (exact) mass is 206 g/mol. The molecule has 0 bridgehead atoms. The minimum atomic E-state index is 0.172. The number of nitrogens with two attached hydrogens (primary N) is 1. The van der Waals surface area contributed by atoms with Gasteiger partial charge in [0.1, 0.15) is 0 Å². The van der Waals surface area contributed by atoms with Crippen LogP contribution >= 0.6 is 0 Å². The highest BCUT2D eigenvalue weighted by Crippen LogP contribution is 2.20. The Hall–Kier alpha value is -1.51. The number of nitrogens with one attached hydrogen (secondary N) is 1. The molecule has 0 radical (unpaired) electrons. The first-order valence-electron chi connectivity index (χ1n) is 5.29. The van der Waals surface area contributed by atoms with Crippen LogP contribution in [0.4, 0.5) is 11.4 Å². The van der Waals surface area contributed by atoms with Gasteiger partial charge in [0.2, 0.25) is 0 Å². The molecule has 0 saturated heterocycles. The number of ketones is 1. The van der Waals surface area contributed by atoms with Crippen LogP contribution in [0.5, 0.6) is 0 Å². The van der Waals surface area contributed by atoms with Crippen LogP contribution in [0.1, 0.15) is 36.5 Å². The van der Waals surface area contributed by atoms with Crippen LogP contribution in [0.15, 0.2) is 18.2 Å². The lowest BCUT2D eigenvalue weighted by Crippen LogP contribution is -2.02. The fourth-order valence-electron chi connectivity index (χ4n) is 1.45. The average molecular weight is 206 g/mol. The number of hydrogen-bond acceptors (Lipinski definition) is 3. The first kappa shape index (κ1) is 11.6. The Morgan fingerprint density at radius 3 is 2.73 bits per heavy atom. The molecule has 0 aliphatic rings. The van der Waals surface area contributed by atoms with Crippen molar-refractivity contribution in [3.8, 4) is 0 Å². The third-order valence-corrected chi connectivity index (χ3v) is 2.40. The molecule has 0 aliphatic carbocycles. The summed E-state index contributed by atoms with van der Waals surface area (Å²) in [6, 6.07) is 5.40. The normalized spacial score (nSPS) is 10.0. The van der Waals surface area contributed by atoms with E-state index in [-0.39, 0.29) is 5.78 Å². The molecule has 1 rings (SSSR count). The Labute approximate surface area is 90.7 Å². The Morgan fingerprint density at radius 1 is 1.47 bits per heavy atom. The molecule has 3 N–H and O–H groups in total. The smallest absolute Gasteiger partial charge is 0.162 e. The number of nitrogen functional groups attached to an aromatic ring is 1. The average Bonchev–Trinajstić information content (AvgIpc) is 2.25. The number of rotatable bonds is 5. The molecule has 1 aromatic carbocycles. The van der Waals surface area contributed by atoms with Gasteiger partial charge in [0.05, 0.1) is 11.4 Å². The van der Waals surface area contributed by atoms with Crippen LogP contribution in [-0.4, -0.2) is 12.8 Å². The topological polar surface area (TPSA) is 55.1 Å². The van der Waals surface area contributed by atoms with Crippen LogP contribution in [0, 0.1) is 0 Å². The van der Waals surface area contributed by atoms with Gasteiger partial charge in [0, 0.05) is 19.0 Å². The van der Waals surface area contributed by atoms with Gasteiger partial charge in [-0.05, 0) is 24.6 Å². The minimum Gasteiger partial charge on any atom is -0.397 e. The zero-order valence-corrected chi connectivity index (χ0v) is 9.34. The highest BCUT2D eigenvalue weighted by molar-refractivity contribution is 5.97. The van der Waals surface area contributed by atoms with E-state index in [2.05, 4.69) is 12.2 Å². The second kappa shape index (κ2) is 5.39. The highest BCUT2D eigenvalue weighted by atomic mass is 16.1. The van der Waals surface area contributed by atoms with Crippen molar-refractivity contribution in [3.05, 3.63) is 23.8 Å². The lowest BCUT2D eigenvalue weighted by Gasteiger charge is -2.06. The fourth-order valence-corrected chi connectivity index (χ4v) is 1.45. The summed E-state index contributed by atoms with van der Waals surface area (Å²) in [6.45, 7) is 2.08. The van der Waals surface area contributed by atoms with Gasteiger partial charge >= 0.3 is 0 Å². The van der Waals surface area contributed by atoms with Gasteiger partial charge in [-0.2, -0.15) is 0 Å². The molecule has 0 amide bonds. The van der Waals surface area contributed by atoms with E-state index in [9.17, 15) is 4.79 Å². The number of hydrogen-bond donors (Lipinski definition) is 2. The largest absolute Gasteiger partial charge is 0.397 e. The zero-order valence-electron chi connectivity index (χ0n) is 9.34. The van der Waals surface area contributed by atoms with E-state index in [0.29, 0.717) is 17.7 Å². The maximum atomic E-state index is 11.7. The second-order valence-electron chi connectivity index (χ2n) is 3.58. The van der Waals surface area contributed by atoms with Crippen molar-refractivity contribution in [3.63, 3.8) is 0 Å². The summed E-state index contributed by atoms with van der Waals surface area (Å²) in [4.78, 5) is 11.7. The molecule has 0 spiro atoms. The molecule has 1 aromatic rings. The predicted molar refractivity (Wildman–Crippen MR) is 64.3 cm³/mol. The molecule has 3 heteroatoms. The Balaban J connectivity index is 2.78. The van der Waals surface area contributed by atoms with Gasteiger partial charge in [-0.25, -0.2) is 0 Å². The maximum Gasteiger partial charge on any atom is 0.162 e. The first-order chi connectivity index (χ1) is 7.19. The van der Waals surface area contributed by atoms with Crippen molar-refractivity contribution in [2.75, 3.05) is 18.1 Å². The maximum absolute atomic E-state index is 11.7. The Bertz CT molecular complexity index is 347. The number of carbonyl (C=O) groups is 1. The van der Waals surface area contributed by atoms with Gasteiger partial charge in [-0.1, -0.05) is 13.3 Å². The number of carbonyl (C=O) groups excluding carboxylic acids is 1. The van der Waals surface area contributed by atoms with E-state index in [1.807, 2.05) is 19.2 Å². The van der Waals surface area contributed by atoms with E-state index in [0.717, 1.165) is 18.5 Å². The van der Waals surface area contributed by atoms with Crippen LogP contribution in [0.25, 0.3) is 0 Å². The van der Waals surface area contributed by atoms with E-state index >= 15 is 0 Å². The van der Waals surface area contributed by atoms with E-state index in [4.69, 9.17) is 5.73 Å². The quantitative estimate of drug-likeness (QED) is 0.575. The third-order valence-electron chi connectivity index (χ3n) is 2.40. The molecular weight excluding hydrogens is 188 g/mol. The molecule has 0 fully saturated rings. The summed E-state index contributed by atoms with van der Waals surface area (Å²) >= 11 is 0. The summed E-state index contributed by atoms with van der Waals surface area (Å²) < 4.78 is 0. The molecule has 0 atom stereocenters. The summed E-state index contributed by atoms with van der Waals surface area (Å²) in [6.07, 6.45) is 2.58. The molecule has 0 aromatic heterocycles. The lowest BCUT2D eigenvalue weighted by atomic mass is 10.0. The lowest BCUT2D eigenvalue weighted by molar-refractivity contribution is 0.0980. The highest BCUT2D eigenvalue weighted by Gasteiger charge is 2.06. The van der Waals surface area contributed by atoms with Crippen LogP contribution < -0.4 is 11.1 Å². The van der Waals surface area contributed by atoms with Gasteiger partial charge < -0.3 is 11.1 Å². The molecule has 15 heavy (non-hydrogen) atoms. The summed E-state index contributed by atoms with van der Waals surface area (Å²) in [5.41, 5.74) is 7.98. The van der Waals surface area contributed by atoms with Crippen molar-refractivity contribution in [2.24, 2.45) is 0 Å². The predicted octanol–water partition coefficient (Wildman–Crippen LogP) is 2.68. The van der Waals surface area contributed by atoms with Crippen molar-refractivity contribution < 1.29 is 4.79 Å². The fraction of sp³-hybridized carbons (Fsp3) is 0.417. The van der Waals surface area contributed by atoms with Crippen LogP contribution in [0.2, 0.25) is 0 Å². The van der Waals surface area contributed by atoms with Crippen LogP contribution in [0.3, 0.4) is 0 Å². The van der Waals surface area contributed by atoms with Gasteiger partial charge in [0.15, 0.2) is 5.78 Å². The van der Waals surface area contributed by atoms with E-state index in [1.165, 1.54) is 0 Å². The van der Waals surface area contributed by atoms with Crippen molar-refractivity contribution in [1.82, 2.24) is 0 Å². The van der Waals surface area contributed by atoms with Gasteiger partial charge in [-0.15, -0.1) is 0 Å². The molecule has 0 unspecified atom stereocenters. The summed E-state index contributed by atoms with van der Waals surface area (Å²) in [5.74, 6) is 0.172. The van der Waals surface area contributed by atoms with Crippen molar-refractivity contribution in [1.29, 1.82) is 0 Å². The number of benzene rings is 1.